The van der Waals surface area contributed by atoms with E-state index < -0.39 is 5.97 Å². The summed E-state index contributed by atoms with van der Waals surface area (Å²) in [6, 6.07) is 5.29. The van der Waals surface area contributed by atoms with Gasteiger partial charge in [-0.05, 0) is 43.4 Å². The molecule has 1 aromatic carbocycles. The molecule has 6 nitrogen and oxygen atoms in total. The smallest absolute Gasteiger partial charge is 0.336 e. The fourth-order valence-corrected chi connectivity index (χ4v) is 3.38. The number of hydrogen-bond donors (Lipinski definition) is 1. The zero-order valence-electron chi connectivity index (χ0n) is 13.4. The van der Waals surface area contributed by atoms with Crippen LogP contribution in [0.15, 0.2) is 22.7 Å². The van der Waals surface area contributed by atoms with E-state index in [2.05, 4.69) is 5.16 Å². The van der Waals surface area contributed by atoms with E-state index in [-0.39, 0.29) is 11.5 Å². The minimum Gasteiger partial charge on any atom is -0.478 e. The van der Waals surface area contributed by atoms with Gasteiger partial charge in [-0.2, -0.15) is 0 Å². The number of hydrogen-bond acceptors (Lipinski definition) is 4. The number of aromatic nitrogens is 1. The lowest BCUT2D eigenvalue weighted by molar-refractivity contribution is 0.0676. The molecule has 24 heavy (non-hydrogen) atoms. The number of nitrogens with zero attached hydrogens (tertiary/aromatic N) is 2. The molecule has 6 heteroatoms. The summed E-state index contributed by atoms with van der Waals surface area (Å²) in [5.74, 6) is -0.0749. The van der Waals surface area contributed by atoms with Gasteiger partial charge in [0, 0.05) is 19.0 Å². The summed E-state index contributed by atoms with van der Waals surface area (Å²) in [4.78, 5) is 26.2. The zero-order valence-corrected chi connectivity index (χ0v) is 13.4. The van der Waals surface area contributed by atoms with Gasteiger partial charge >= 0.3 is 5.97 Å². The third-order valence-electron chi connectivity index (χ3n) is 4.84. The molecule has 2 aliphatic rings. The molecule has 2 aromatic rings. The Kier molecular flexibility index (Phi) is 3.40. The van der Waals surface area contributed by atoms with Crippen LogP contribution in [0.25, 0.3) is 0 Å². The fraction of sp³-hybridized carbons (Fsp3) is 0.389. The molecule has 1 aliphatic carbocycles. The van der Waals surface area contributed by atoms with Crippen LogP contribution in [0.3, 0.4) is 0 Å². The Labute approximate surface area is 139 Å². The van der Waals surface area contributed by atoms with E-state index in [0.29, 0.717) is 42.4 Å². The Morgan fingerprint density at radius 2 is 2.12 bits per heavy atom. The molecule has 1 amide bonds. The van der Waals surface area contributed by atoms with Gasteiger partial charge in [0.2, 0.25) is 0 Å². The number of fused-ring (bicyclic) bond motifs is 1. The Hall–Kier alpha value is -2.63. The van der Waals surface area contributed by atoms with Gasteiger partial charge in [0.15, 0.2) is 5.76 Å². The van der Waals surface area contributed by atoms with Crippen LogP contribution in [0.5, 0.6) is 0 Å². The van der Waals surface area contributed by atoms with E-state index in [9.17, 15) is 14.7 Å². The first-order chi connectivity index (χ1) is 11.6. The highest BCUT2D eigenvalue weighted by Crippen LogP contribution is 2.42. The highest BCUT2D eigenvalue weighted by atomic mass is 16.5. The summed E-state index contributed by atoms with van der Waals surface area (Å²) in [6.45, 7) is 2.66. The highest BCUT2D eigenvalue weighted by Gasteiger charge is 2.36. The number of carbonyl (C=O) groups is 2. The Balaban J connectivity index is 1.66. The number of benzene rings is 1. The minimum atomic E-state index is -0.957. The largest absolute Gasteiger partial charge is 0.478 e. The molecule has 0 atom stereocenters. The molecule has 1 aliphatic heterocycles. The maximum atomic E-state index is 13.0. The van der Waals surface area contributed by atoms with Crippen LogP contribution in [0.1, 0.15) is 62.1 Å². The molecule has 1 fully saturated rings. The molecule has 1 aromatic heterocycles. The third kappa shape index (κ3) is 2.38. The van der Waals surface area contributed by atoms with Crippen LogP contribution in [-0.4, -0.2) is 33.6 Å². The first-order valence-electron chi connectivity index (χ1n) is 8.15. The van der Waals surface area contributed by atoms with Gasteiger partial charge in [-0.1, -0.05) is 17.3 Å². The number of aromatic carboxylic acids is 1. The normalized spacial score (nSPS) is 16.8. The number of amides is 1. The lowest BCUT2D eigenvalue weighted by Gasteiger charge is -2.29. The summed E-state index contributed by atoms with van der Waals surface area (Å²) in [7, 11) is 0. The predicted molar refractivity (Wildman–Crippen MR) is 85.1 cm³/mol. The SMILES string of the molecule is Cc1noc(C2CC2)c1C(=O)N1CCc2cccc(C(=O)O)c2C1. The molecule has 0 unspecified atom stereocenters. The van der Waals surface area contributed by atoms with Crippen LogP contribution in [0.2, 0.25) is 0 Å². The summed E-state index contributed by atoms with van der Waals surface area (Å²) in [5, 5.41) is 13.4. The van der Waals surface area contributed by atoms with Crippen molar-refractivity contribution in [2.24, 2.45) is 0 Å². The Morgan fingerprint density at radius 1 is 1.33 bits per heavy atom. The minimum absolute atomic E-state index is 0.110. The van der Waals surface area contributed by atoms with E-state index >= 15 is 0 Å². The van der Waals surface area contributed by atoms with Crippen molar-refractivity contribution in [1.82, 2.24) is 10.1 Å². The van der Waals surface area contributed by atoms with Gasteiger partial charge in [-0.15, -0.1) is 0 Å². The fourth-order valence-electron chi connectivity index (χ4n) is 3.38. The molecule has 0 radical (unpaired) electrons. The van der Waals surface area contributed by atoms with Crippen molar-refractivity contribution in [2.75, 3.05) is 6.54 Å². The molecular weight excluding hydrogens is 308 g/mol. The first-order valence-corrected chi connectivity index (χ1v) is 8.15. The summed E-state index contributed by atoms with van der Waals surface area (Å²) in [5.41, 5.74) is 3.18. The molecule has 1 N–H and O–H groups in total. The van der Waals surface area contributed by atoms with Crippen LogP contribution in [0.4, 0.5) is 0 Å². The molecule has 0 saturated heterocycles. The second kappa shape index (κ2) is 5.47. The van der Waals surface area contributed by atoms with Gasteiger partial charge < -0.3 is 14.5 Å². The number of carbonyl (C=O) groups excluding carboxylic acids is 1. The predicted octanol–water partition coefficient (Wildman–Crippen LogP) is 2.76. The molecule has 2 heterocycles. The van der Waals surface area contributed by atoms with Crippen LogP contribution < -0.4 is 0 Å². The van der Waals surface area contributed by atoms with Crippen molar-refractivity contribution >= 4 is 11.9 Å². The first kappa shape index (κ1) is 14.9. The van der Waals surface area contributed by atoms with E-state index in [0.717, 1.165) is 24.0 Å². The van der Waals surface area contributed by atoms with E-state index in [1.807, 2.05) is 6.07 Å². The molecule has 124 valence electrons. The molecule has 0 spiro atoms. The third-order valence-corrected chi connectivity index (χ3v) is 4.84. The number of carboxylic acid groups (broad SMARTS) is 1. The Morgan fingerprint density at radius 3 is 2.83 bits per heavy atom. The zero-order chi connectivity index (χ0) is 16.8. The second-order valence-electron chi connectivity index (χ2n) is 6.51. The molecule has 0 bridgehead atoms. The Bertz CT molecular complexity index is 836. The lowest BCUT2D eigenvalue weighted by atomic mass is 9.94. The van der Waals surface area contributed by atoms with Gasteiger partial charge in [0.05, 0.1) is 11.3 Å². The average molecular weight is 326 g/mol. The van der Waals surface area contributed by atoms with Gasteiger partial charge in [0.25, 0.3) is 5.91 Å². The molecular formula is C18H18N2O4. The van der Waals surface area contributed by atoms with Crippen molar-refractivity contribution in [3.05, 3.63) is 51.9 Å². The topological polar surface area (TPSA) is 83.6 Å². The van der Waals surface area contributed by atoms with Crippen molar-refractivity contribution in [2.45, 2.75) is 38.6 Å². The lowest BCUT2D eigenvalue weighted by Crippen LogP contribution is -2.37. The quantitative estimate of drug-likeness (QED) is 0.937. The molecule has 4 rings (SSSR count). The van der Waals surface area contributed by atoms with Gasteiger partial charge in [-0.25, -0.2) is 4.79 Å². The number of aryl methyl sites for hydroxylation is 1. The van der Waals surface area contributed by atoms with Crippen LogP contribution in [0, 0.1) is 6.92 Å². The van der Waals surface area contributed by atoms with E-state index in [1.54, 1.807) is 24.0 Å². The van der Waals surface area contributed by atoms with Crippen molar-refractivity contribution in [1.29, 1.82) is 0 Å². The molecule has 1 saturated carbocycles. The maximum Gasteiger partial charge on any atom is 0.336 e. The standard InChI is InChI=1S/C18H18N2O4/c1-10-15(16(24-19-10)12-5-6-12)17(21)20-8-7-11-3-2-4-13(18(22)23)14(11)9-20/h2-4,12H,5-9H2,1H3,(H,22,23). The van der Waals surface area contributed by atoms with Crippen LogP contribution in [-0.2, 0) is 13.0 Å². The second-order valence-corrected chi connectivity index (χ2v) is 6.51. The van der Waals surface area contributed by atoms with Crippen molar-refractivity contribution < 1.29 is 19.2 Å². The average Bonchev–Trinajstić information content (AvgIpc) is 3.35. The van der Waals surface area contributed by atoms with Gasteiger partial charge in [-0.3, -0.25) is 4.79 Å². The summed E-state index contributed by atoms with van der Waals surface area (Å²) in [6.07, 6.45) is 2.72. The maximum absolute atomic E-state index is 13.0. The number of rotatable bonds is 3. The summed E-state index contributed by atoms with van der Waals surface area (Å²) >= 11 is 0. The number of carboxylic acids is 1. The van der Waals surface area contributed by atoms with Crippen LogP contribution >= 0.6 is 0 Å². The van der Waals surface area contributed by atoms with Gasteiger partial charge in [0.1, 0.15) is 5.56 Å². The van der Waals surface area contributed by atoms with Crippen molar-refractivity contribution in [3.63, 3.8) is 0 Å². The summed E-state index contributed by atoms with van der Waals surface area (Å²) < 4.78 is 5.37. The highest BCUT2D eigenvalue weighted by molar-refractivity contribution is 5.97. The monoisotopic (exact) mass is 326 g/mol. The van der Waals surface area contributed by atoms with E-state index in [1.165, 1.54) is 0 Å². The van der Waals surface area contributed by atoms with E-state index in [4.69, 9.17) is 4.52 Å². The van der Waals surface area contributed by atoms with Crippen molar-refractivity contribution in [3.8, 4) is 0 Å².